The van der Waals surface area contributed by atoms with Gasteiger partial charge in [0.15, 0.2) is 0 Å². The van der Waals surface area contributed by atoms with E-state index in [1.54, 1.807) is 0 Å². The summed E-state index contributed by atoms with van der Waals surface area (Å²) in [5.41, 5.74) is 0. The van der Waals surface area contributed by atoms with Gasteiger partial charge in [-0.25, -0.2) is 4.84 Å². The van der Waals surface area contributed by atoms with Gasteiger partial charge in [0, 0.05) is 21.1 Å². The summed E-state index contributed by atoms with van der Waals surface area (Å²) >= 11 is 9.92. The molecule has 0 fully saturated rings. The van der Waals surface area contributed by atoms with Crippen LogP contribution in [-0.4, -0.2) is 13.1 Å². The van der Waals surface area contributed by atoms with Crippen molar-refractivity contribution >= 4 is 23.6 Å². The molecule has 0 atom stereocenters. The van der Waals surface area contributed by atoms with Crippen molar-refractivity contribution < 1.29 is 21.1 Å². The van der Waals surface area contributed by atoms with Gasteiger partial charge in [-0.2, -0.15) is 0 Å². The zero-order chi connectivity index (χ0) is 4.83. The average molecular weight is 323 g/mol. The van der Waals surface area contributed by atoms with E-state index < -0.39 is 0 Å². The van der Waals surface area contributed by atoms with E-state index in [-0.39, 0.29) is 21.1 Å². The first-order chi connectivity index (χ1) is 2.91. The van der Waals surface area contributed by atoms with Gasteiger partial charge in [0.1, 0.15) is 0 Å². The Balaban J connectivity index is 0. The minimum atomic E-state index is 0. The third-order valence-electron chi connectivity index (χ3n) is 0.291. The molecule has 0 unspecified atom stereocenters. The molecule has 0 radical (unpaired) electrons. The van der Waals surface area contributed by atoms with Gasteiger partial charge in [-0.05, 0) is 18.3 Å². The normalized spacial score (nSPS) is 7.71. The van der Waals surface area contributed by atoms with Crippen LogP contribution >= 0.6 is 23.6 Å². The molecule has 0 aliphatic heterocycles. The van der Waals surface area contributed by atoms with Crippen molar-refractivity contribution in [3.63, 3.8) is 0 Å². The molecule has 0 aromatic carbocycles. The standard InChI is InChI=1S/C2H5Cl2N2.Pt/c3-5-1-2-6-4;/h5H,1-2H2;/q-1;. The van der Waals surface area contributed by atoms with Crippen molar-refractivity contribution in [2.24, 2.45) is 0 Å². The molecule has 0 amide bonds. The molecule has 0 heterocycles. The molecule has 0 rings (SSSR count). The number of hydrogen-bond acceptors (Lipinski definition) is 1. The van der Waals surface area contributed by atoms with Gasteiger partial charge in [-0.3, -0.25) is 11.8 Å². The third-order valence-corrected chi connectivity index (χ3v) is 0.649. The maximum Gasteiger partial charge on any atom is 0 e. The van der Waals surface area contributed by atoms with E-state index in [4.69, 9.17) is 23.6 Å². The van der Waals surface area contributed by atoms with Crippen molar-refractivity contribution in [2.75, 3.05) is 13.1 Å². The van der Waals surface area contributed by atoms with Crippen LogP contribution in [0.25, 0.3) is 4.84 Å². The molecule has 0 aliphatic rings. The van der Waals surface area contributed by atoms with E-state index in [0.717, 1.165) is 0 Å². The predicted octanol–water partition coefficient (Wildman–Crippen LogP) is 1.25. The quantitative estimate of drug-likeness (QED) is 0.614. The summed E-state index contributed by atoms with van der Waals surface area (Å²) in [5, 5.41) is 0. The molecule has 0 saturated carbocycles. The third kappa shape index (κ3) is 11.0. The van der Waals surface area contributed by atoms with Gasteiger partial charge in [0.05, 0.1) is 0 Å². The topological polar surface area (TPSA) is 26.1 Å². The molecule has 48 valence electrons. The molecule has 5 heteroatoms. The smallest absolute Gasteiger partial charge is 0 e. The van der Waals surface area contributed by atoms with E-state index in [2.05, 4.69) is 9.67 Å². The Bertz CT molecular complexity index is 25.7. The van der Waals surface area contributed by atoms with Crippen LogP contribution in [0.1, 0.15) is 0 Å². The van der Waals surface area contributed by atoms with Crippen LogP contribution in [0.5, 0.6) is 0 Å². The minimum Gasteiger partial charge on any atom is -0.574 e. The summed E-state index contributed by atoms with van der Waals surface area (Å²) in [6, 6.07) is 0. The van der Waals surface area contributed by atoms with E-state index in [0.29, 0.717) is 13.1 Å². The Hall–Kier alpha value is 1.19. The van der Waals surface area contributed by atoms with Crippen molar-refractivity contribution in [1.82, 2.24) is 4.84 Å². The molecule has 1 N–H and O–H groups in total. The van der Waals surface area contributed by atoms with Crippen LogP contribution < -0.4 is 4.84 Å². The Labute approximate surface area is 67.4 Å². The molecule has 0 spiro atoms. The Morgan fingerprint density at radius 2 is 2.14 bits per heavy atom. The summed E-state index contributed by atoms with van der Waals surface area (Å²) in [6.07, 6.45) is 0. The summed E-state index contributed by atoms with van der Waals surface area (Å²) in [7, 11) is 0. The van der Waals surface area contributed by atoms with Gasteiger partial charge in [-0.1, -0.05) is 0 Å². The Morgan fingerprint density at radius 3 is 2.29 bits per heavy atom. The molecule has 0 aliphatic carbocycles. The Kier molecular flexibility index (Phi) is 16.1. The molecular weight excluding hydrogens is 318 g/mol. The molecular formula is C2H5Cl2N2Pt-. The minimum absolute atomic E-state index is 0. The molecule has 0 aromatic heterocycles. The summed E-state index contributed by atoms with van der Waals surface area (Å²) in [4.78, 5) is 5.61. The number of halogens is 2. The SMILES string of the molecule is Cl[N-]CCNCl.[Pt]. The summed E-state index contributed by atoms with van der Waals surface area (Å²) in [5.74, 6) is 0. The second-order valence-corrected chi connectivity index (χ2v) is 1.23. The van der Waals surface area contributed by atoms with Crippen molar-refractivity contribution in [3.05, 3.63) is 4.84 Å². The molecule has 0 saturated heterocycles. The Morgan fingerprint density at radius 1 is 1.57 bits per heavy atom. The van der Waals surface area contributed by atoms with Crippen LogP contribution in [0.3, 0.4) is 0 Å². The maximum absolute atomic E-state index is 5.01. The van der Waals surface area contributed by atoms with E-state index in [9.17, 15) is 0 Å². The molecule has 2 nitrogen and oxygen atoms in total. The van der Waals surface area contributed by atoms with E-state index in [1.165, 1.54) is 0 Å². The van der Waals surface area contributed by atoms with Crippen LogP contribution in [-0.2, 0) is 21.1 Å². The second kappa shape index (κ2) is 10.2. The number of rotatable bonds is 3. The zero-order valence-corrected chi connectivity index (χ0v) is 7.22. The molecule has 7 heavy (non-hydrogen) atoms. The van der Waals surface area contributed by atoms with Crippen molar-refractivity contribution in [3.8, 4) is 0 Å². The number of hydrogen-bond donors (Lipinski definition) is 1. The van der Waals surface area contributed by atoms with Gasteiger partial charge in [0.2, 0.25) is 0 Å². The molecule has 0 bridgehead atoms. The van der Waals surface area contributed by atoms with Gasteiger partial charge in [0.25, 0.3) is 0 Å². The van der Waals surface area contributed by atoms with Crippen LogP contribution in [0.15, 0.2) is 0 Å². The number of nitrogens with one attached hydrogen (secondary N) is 1. The van der Waals surface area contributed by atoms with E-state index >= 15 is 0 Å². The largest absolute Gasteiger partial charge is 0.574 e. The van der Waals surface area contributed by atoms with Gasteiger partial charge < -0.3 is 4.84 Å². The summed E-state index contributed by atoms with van der Waals surface area (Å²) in [6.45, 7) is 1.19. The van der Waals surface area contributed by atoms with Crippen LogP contribution in [0.2, 0.25) is 0 Å². The first-order valence-corrected chi connectivity index (χ1v) is 2.24. The van der Waals surface area contributed by atoms with Gasteiger partial charge in [-0.15, -0.1) is 6.54 Å². The van der Waals surface area contributed by atoms with Crippen LogP contribution in [0, 0.1) is 0 Å². The predicted molar refractivity (Wildman–Crippen MR) is 27.9 cm³/mol. The number of nitrogens with zero attached hydrogens (tertiary/aromatic N) is 1. The fourth-order valence-corrected chi connectivity index (χ4v) is 0.254. The monoisotopic (exact) mass is 322 g/mol. The maximum atomic E-state index is 5.01. The first-order valence-electron chi connectivity index (χ1n) is 1.53. The fourth-order valence-electron chi connectivity index (χ4n) is 0.0845. The van der Waals surface area contributed by atoms with E-state index in [1.807, 2.05) is 0 Å². The van der Waals surface area contributed by atoms with Crippen molar-refractivity contribution in [2.45, 2.75) is 0 Å². The summed E-state index contributed by atoms with van der Waals surface area (Å²) < 4.78 is 0. The van der Waals surface area contributed by atoms with Crippen molar-refractivity contribution in [1.29, 1.82) is 0 Å². The fraction of sp³-hybridized carbons (Fsp3) is 1.00. The van der Waals surface area contributed by atoms with Crippen LogP contribution in [0.4, 0.5) is 0 Å². The average Bonchev–Trinajstić information content (AvgIpc) is 1.61. The second-order valence-electron chi connectivity index (χ2n) is 0.727. The molecule has 0 aromatic rings. The zero-order valence-electron chi connectivity index (χ0n) is 3.43. The van der Waals surface area contributed by atoms with Gasteiger partial charge >= 0.3 is 0 Å². The first kappa shape index (κ1) is 11.0.